The van der Waals surface area contributed by atoms with Gasteiger partial charge < -0.3 is 30.5 Å². The number of aliphatic hydroxyl groups excluding tert-OH is 2. The van der Waals surface area contributed by atoms with E-state index >= 15 is 0 Å². The van der Waals surface area contributed by atoms with Crippen LogP contribution in [0.3, 0.4) is 0 Å². The molecule has 126 valence electrons. The van der Waals surface area contributed by atoms with Gasteiger partial charge in [0.25, 0.3) is 0 Å². The third kappa shape index (κ3) is 3.05. The Labute approximate surface area is 128 Å². The second kappa shape index (κ2) is 5.76. The molecule has 12 nitrogen and oxygen atoms in total. The van der Waals surface area contributed by atoms with Crippen LogP contribution in [0.2, 0.25) is 0 Å². The van der Waals surface area contributed by atoms with E-state index in [2.05, 4.69) is 19.5 Å². The van der Waals surface area contributed by atoms with Crippen molar-refractivity contribution in [3.8, 4) is 0 Å². The van der Waals surface area contributed by atoms with Crippen LogP contribution in [-0.2, 0) is 13.8 Å². The zero-order valence-electron chi connectivity index (χ0n) is 11.5. The number of hydrogen-bond donors (Lipinski definition) is 5. The maximum atomic E-state index is 10.7. The first-order valence-corrected chi connectivity index (χ1v) is 7.95. The fraction of sp³-hybridized carbons (Fsp3) is 0.500. The number of anilines is 1. The highest BCUT2D eigenvalue weighted by molar-refractivity contribution is 7.46. The van der Waals surface area contributed by atoms with Gasteiger partial charge in [0.15, 0.2) is 17.7 Å². The summed E-state index contributed by atoms with van der Waals surface area (Å²) < 4.78 is 21.8. The molecule has 13 heteroatoms. The number of nitrogens with zero attached hydrogens (tertiary/aromatic N) is 4. The molecule has 0 aromatic carbocycles. The maximum Gasteiger partial charge on any atom is 0.469 e. The first kappa shape index (κ1) is 16.2. The Hall–Kier alpha value is -1.66. The van der Waals surface area contributed by atoms with E-state index in [1.54, 1.807) is 0 Å². The minimum absolute atomic E-state index is 0.142. The molecule has 0 radical (unpaired) electrons. The van der Waals surface area contributed by atoms with Gasteiger partial charge in [0, 0.05) is 0 Å². The van der Waals surface area contributed by atoms with Crippen molar-refractivity contribution in [1.82, 2.24) is 19.5 Å². The van der Waals surface area contributed by atoms with Crippen LogP contribution in [0.25, 0.3) is 11.2 Å². The van der Waals surface area contributed by atoms with Crippen LogP contribution in [0.5, 0.6) is 0 Å². The fourth-order valence-electron chi connectivity index (χ4n) is 2.32. The predicted octanol–water partition coefficient (Wildman–Crippen LogP) is -1.86. The van der Waals surface area contributed by atoms with Crippen LogP contribution < -0.4 is 5.73 Å². The molecule has 0 aliphatic carbocycles. The lowest BCUT2D eigenvalue weighted by atomic mass is 10.1. The number of phosphoric acid groups is 1. The molecular weight excluding hydrogens is 332 g/mol. The first-order chi connectivity index (χ1) is 10.8. The van der Waals surface area contributed by atoms with Crippen LogP contribution in [0, 0.1) is 0 Å². The second-order valence-electron chi connectivity index (χ2n) is 4.92. The lowest BCUT2D eigenvalue weighted by molar-refractivity contribution is -0.0504. The summed E-state index contributed by atoms with van der Waals surface area (Å²) in [6.45, 7) is -0.594. The number of hydrogen-bond acceptors (Lipinski definition) is 9. The Bertz CT molecular complexity index is 763. The highest BCUT2D eigenvalue weighted by Gasteiger charge is 2.45. The van der Waals surface area contributed by atoms with Crippen LogP contribution in [0.4, 0.5) is 5.82 Å². The second-order valence-corrected chi connectivity index (χ2v) is 6.15. The molecule has 0 spiro atoms. The predicted molar refractivity (Wildman–Crippen MR) is 73.7 cm³/mol. The molecule has 1 aliphatic rings. The summed E-state index contributed by atoms with van der Waals surface area (Å²) in [5.41, 5.74) is 6.25. The SMILES string of the molecule is Nc1n[11cH]nc2c1ncn2[C@@H]1O[C@H](COP(=O)(O)O)[C@@H](O)[C@H]1O. The van der Waals surface area contributed by atoms with Crippen molar-refractivity contribution in [3.05, 3.63) is 12.7 Å². The molecule has 1 aliphatic heterocycles. The number of aliphatic hydroxyl groups is 2. The molecule has 2 aromatic heterocycles. The summed E-state index contributed by atoms with van der Waals surface area (Å²) >= 11 is 0. The number of rotatable bonds is 4. The average Bonchev–Trinajstić information content (AvgIpc) is 3.01. The van der Waals surface area contributed by atoms with Crippen molar-refractivity contribution < 1.29 is 33.8 Å². The molecule has 2 aromatic rings. The highest BCUT2D eigenvalue weighted by Crippen LogP contribution is 2.38. The number of ether oxygens (including phenoxy) is 1. The summed E-state index contributed by atoms with van der Waals surface area (Å²) in [5, 5.41) is 20.1. The molecule has 4 atom stereocenters. The molecule has 23 heavy (non-hydrogen) atoms. The Kier molecular flexibility index (Phi) is 4.06. The Morgan fingerprint density at radius 3 is 2.74 bits per heavy atom. The number of fused-ring (bicyclic) bond motifs is 1. The number of nitrogen functional groups attached to an aromatic ring is 1. The number of phosphoric ester groups is 1. The number of imidazole rings is 1. The van der Waals surface area contributed by atoms with Crippen LogP contribution in [0.1, 0.15) is 6.23 Å². The number of aromatic nitrogens is 4. The molecule has 6 N–H and O–H groups in total. The quantitative estimate of drug-likeness (QED) is 0.391. The van der Waals surface area contributed by atoms with E-state index in [1.807, 2.05) is 0 Å². The minimum Gasteiger partial charge on any atom is -0.387 e. The van der Waals surface area contributed by atoms with Crippen molar-refractivity contribution in [1.29, 1.82) is 0 Å². The van der Waals surface area contributed by atoms with Gasteiger partial charge in [-0.3, -0.25) is 9.09 Å². The topological polar surface area (TPSA) is 186 Å². The zero-order chi connectivity index (χ0) is 16.8. The molecule has 0 unspecified atom stereocenters. The van der Waals surface area contributed by atoms with E-state index in [9.17, 15) is 14.8 Å². The average molecular weight is 346 g/mol. The Morgan fingerprint density at radius 2 is 2.04 bits per heavy atom. The summed E-state index contributed by atoms with van der Waals surface area (Å²) in [4.78, 5) is 29.2. The maximum absolute atomic E-state index is 10.7. The molecule has 3 rings (SSSR count). The van der Waals surface area contributed by atoms with Crippen LogP contribution in [0.15, 0.2) is 12.7 Å². The van der Waals surface area contributed by atoms with Gasteiger partial charge in [-0.2, -0.15) is 0 Å². The van der Waals surface area contributed by atoms with Crippen molar-refractivity contribution in [2.24, 2.45) is 0 Å². The van der Waals surface area contributed by atoms with Gasteiger partial charge in [0.05, 0.1) is 12.9 Å². The van der Waals surface area contributed by atoms with Gasteiger partial charge in [0.1, 0.15) is 30.2 Å². The van der Waals surface area contributed by atoms with Crippen LogP contribution >= 0.6 is 7.82 Å². The van der Waals surface area contributed by atoms with E-state index in [4.69, 9.17) is 20.3 Å². The van der Waals surface area contributed by atoms with E-state index in [0.717, 1.165) is 0 Å². The molecule has 0 saturated carbocycles. The molecule has 0 amide bonds. The van der Waals surface area contributed by atoms with Crippen molar-refractivity contribution in [2.75, 3.05) is 12.3 Å². The van der Waals surface area contributed by atoms with E-state index in [-0.39, 0.29) is 11.5 Å². The monoisotopic (exact) mass is 346 g/mol. The fourth-order valence-corrected chi connectivity index (χ4v) is 2.66. The minimum atomic E-state index is -4.72. The first-order valence-electron chi connectivity index (χ1n) is 6.42. The number of nitrogens with two attached hydrogens (primary N) is 1. The van der Waals surface area contributed by atoms with Gasteiger partial charge in [0.2, 0.25) is 0 Å². The van der Waals surface area contributed by atoms with Crippen molar-refractivity contribution in [3.63, 3.8) is 0 Å². The Balaban J connectivity index is 1.85. The molecular formula is C10H14N5O7P. The Morgan fingerprint density at radius 1 is 1.30 bits per heavy atom. The van der Waals surface area contributed by atoms with Crippen LogP contribution in [-0.4, -0.2) is 64.4 Å². The highest BCUT2D eigenvalue weighted by atomic mass is 31.2. The molecule has 1 fully saturated rings. The van der Waals surface area contributed by atoms with Gasteiger partial charge >= 0.3 is 7.82 Å². The van der Waals surface area contributed by atoms with Gasteiger partial charge in [-0.25, -0.2) is 19.5 Å². The smallest absolute Gasteiger partial charge is 0.387 e. The van der Waals surface area contributed by atoms with Crippen molar-refractivity contribution >= 4 is 24.8 Å². The molecule has 1 saturated heterocycles. The summed E-state index contributed by atoms with van der Waals surface area (Å²) in [7, 11) is -4.72. The van der Waals surface area contributed by atoms with E-state index in [1.165, 1.54) is 17.2 Å². The molecule has 0 bridgehead atoms. The third-order valence-electron chi connectivity index (χ3n) is 3.41. The lowest BCUT2D eigenvalue weighted by Crippen LogP contribution is -2.33. The summed E-state index contributed by atoms with van der Waals surface area (Å²) in [6.07, 6.45) is -2.49. The summed E-state index contributed by atoms with van der Waals surface area (Å²) in [5.74, 6) is 0.142. The summed E-state index contributed by atoms with van der Waals surface area (Å²) in [6, 6.07) is 0. The standard InChI is InChI=1S/C10H14N5O7P/c11-8-5-9(13-2-12-8)15(3-14-5)10-7(17)6(16)4(22-10)1-21-23(18,19)20/h2-4,6-7,10,16-17H,1H2,(H2,11,12,13)(H2,18,19,20)/t4-,6-,7-,10-/m1/s1/i2-1. The molecule has 3 heterocycles. The zero-order valence-corrected chi connectivity index (χ0v) is 12.4. The van der Waals surface area contributed by atoms with Gasteiger partial charge in [-0.05, 0) is 0 Å². The van der Waals surface area contributed by atoms with Gasteiger partial charge in [-0.1, -0.05) is 0 Å². The third-order valence-corrected chi connectivity index (χ3v) is 3.89. The van der Waals surface area contributed by atoms with Gasteiger partial charge in [-0.15, -0.1) is 0 Å². The largest absolute Gasteiger partial charge is 0.469 e. The van der Waals surface area contributed by atoms with E-state index in [0.29, 0.717) is 5.52 Å². The van der Waals surface area contributed by atoms with E-state index < -0.39 is 39.0 Å². The lowest BCUT2D eigenvalue weighted by Gasteiger charge is -2.16. The normalized spacial score (nSPS) is 28.5. The van der Waals surface area contributed by atoms with Crippen molar-refractivity contribution in [2.45, 2.75) is 24.5 Å².